The first-order valence-electron chi connectivity index (χ1n) is 9.44. The van der Waals surface area contributed by atoms with E-state index < -0.39 is 30.0 Å². The van der Waals surface area contributed by atoms with Gasteiger partial charge in [-0.3, -0.25) is 9.11 Å². The van der Waals surface area contributed by atoms with Crippen molar-refractivity contribution < 1.29 is 25.9 Å². The molecule has 0 amide bonds. The average molecular weight is 422 g/mol. The van der Waals surface area contributed by atoms with Gasteiger partial charge in [-0.2, -0.15) is 16.8 Å². The molecule has 0 aliphatic rings. The molecule has 0 aliphatic carbocycles. The van der Waals surface area contributed by atoms with E-state index in [1.807, 2.05) is 0 Å². The lowest BCUT2D eigenvalue weighted by Crippen LogP contribution is -2.10. The molecule has 0 aromatic heterocycles. The topological polar surface area (TPSA) is 135 Å². The number of rotatable bonds is 13. The molecule has 0 atom stereocenters. The third kappa shape index (κ3) is 8.59. The van der Waals surface area contributed by atoms with Crippen LogP contribution in [0, 0.1) is 0 Å². The second kappa shape index (κ2) is 11.0. The van der Waals surface area contributed by atoms with Gasteiger partial charge in [-0.15, -0.1) is 0 Å². The highest BCUT2D eigenvalue weighted by molar-refractivity contribution is 7.86. The number of benzene rings is 1. The molecule has 1 aromatic rings. The molecule has 0 bridgehead atoms. The van der Waals surface area contributed by atoms with Gasteiger partial charge in [0, 0.05) is 5.69 Å². The van der Waals surface area contributed by atoms with Gasteiger partial charge in [0.2, 0.25) is 0 Å². The number of nitrogens with two attached hydrogens (primary N) is 1. The van der Waals surface area contributed by atoms with Crippen molar-refractivity contribution >= 4 is 25.9 Å². The molecule has 0 aliphatic heterocycles. The molecule has 0 unspecified atom stereocenters. The van der Waals surface area contributed by atoms with E-state index in [1.54, 1.807) is 0 Å². The first-order valence-corrected chi connectivity index (χ1v) is 12.3. The van der Waals surface area contributed by atoms with Gasteiger partial charge in [0.1, 0.15) is 4.90 Å². The average Bonchev–Trinajstić information content (AvgIpc) is 2.55. The van der Waals surface area contributed by atoms with E-state index in [-0.39, 0.29) is 11.3 Å². The number of hydrogen-bond donors (Lipinski definition) is 3. The quantitative estimate of drug-likeness (QED) is 0.246. The lowest BCUT2D eigenvalue weighted by molar-refractivity contribution is 0.480. The Kier molecular flexibility index (Phi) is 9.72. The summed E-state index contributed by atoms with van der Waals surface area (Å²) in [5, 5.41) is 0. The Labute approximate surface area is 162 Å². The Morgan fingerprint density at radius 3 is 1.70 bits per heavy atom. The summed E-state index contributed by atoms with van der Waals surface area (Å²) < 4.78 is 64.2. The van der Waals surface area contributed by atoms with Crippen LogP contribution in [0.1, 0.15) is 76.7 Å². The van der Waals surface area contributed by atoms with Gasteiger partial charge >= 0.3 is 0 Å². The summed E-state index contributed by atoms with van der Waals surface area (Å²) in [5.41, 5.74) is 5.89. The second-order valence-electron chi connectivity index (χ2n) is 6.87. The molecule has 9 heteroatoms. The summed E-state index contributed by atoms with van der Waals surface area (Å²) in [6.07, 6.45) is 11.5. The standard InChI is InChI=1S/C18H31NO6S2/c1-2-3-4-5-6-7-8-9-10-11-12-16-17(19)13-15(26(20,21)22)14-18(16)27(23,24)25/h13-14H,2-12,19H2,1H3,(H,20,21,22)(H,23,24,25). The molecule has 4 N–H and O–H groups in total. The highest BCUT2D eigenvalue weighted by atomic mass is 32.2. The zero-order valence-corrected chi connectivity index (χ0v) is 17.5. The molecule has 0 saturated heterocycles. The Hall–Kier alpha value is -1.16. The predicted octanol–water partition coefficient (Wildman–Crippen LogP) is 4.23. The monoisotopic (exact) mass is 421 g/mol. The van der Waals surface area contributed by atoms with Crippen LogP contribution in [0.4, 0.5) is 5.69 Å². The van der Waals surface area contributed by atoms with Gasteiger partial charge < -0.3 is 5.73 Å². The molecular formula is C18H31NO6S2. The van der Waals surface area contributed by atoms with Crippen molar-refractivity contribution in [2.45, 2.75) is 87.3 Å². The van der Waals surface area contributed by atoms with Gasteiger partial charge in [0.15, 0.2) is 0 Å². The summed E-state index contributed by atoms with van der Waals surface area (Å²) in [6.45, 7) is 2.19. The molecule has 27 heavy (non-hydrogen) atoms. The van der Waals surface area contributed by atoms with Crippen LogP contribution in [0.5, 0.6) is 0 Å². The summed E-state index contributed by atoms with van der Waals surface area (Å²) >= 11 is 0. The third-order valence-corrected chi connectivity index (χ3v) is 6.32. The first kappa shape index (κ1) is 23.9. The van der Waals surface area contributed by atoms with Crippen molar-refractivity contribution in [2.24, 2.45) is 0 Å². The lowest BCUT2D eigenvalue weighted by atomic mass is 10.0. The van der Waals surface area contributed by atoms with Crippen LogP contribution in [0.25, 0.3) is 0 Å². The fourth-order valence-corrected chi connectivity index (χ4v) is 4.50. The Bertz CT molecular complexity index is 803. The van der Waals surface area contributed by atoms with Crippen LogP contribution in [0.3, 0.4) is 0 Å². The van der Waals surface area contributed by atoms with Crippen molar-refractivity contribution in [3.8, 4) is 0 Å². The van der Waals surface area contributed by atoms with Crippen LogP contribution < -0.4 is 5.73 Å². The third-order valence-electron chi connectivity index (χ3n) is 4.57. The fourth-order valence-electron chi connectivity index (χ4n) is 3.08. The number of hydrogen-bond acceptors (Lipinski definition) is 5. The van der Waals surface area contributed by atoms with Gasteiger partial charge in [0.05, 0.1) is 4.90 Å². The Balaban J connectivity index is 2.60. The summed E-state index contributed by atoms with van der Waals surface area (Å²) in [4.78, 5) is -1.22. The van der Waals surface area contributed by atoms with E-state index >= 15 is 0 Å². The van der Waals surface area contributed by atoms with Crippen LogP contribution in [-0.4, -0.2) is 25.9 Å². The van der Waals surface area contributed by atoms with E-state index in [9.17, 15) is 21.4 Å². The molecule has 0 heterocycles. The van der Waals surface area contributed by atoms with Crippen molar-refractivity contribution in [1.82, 2.24) is 0 Å². The smallest absolute Gasteiger partial charge is 0.294 e. The normalized spacial score (nSPS) is 12.4. The summed E-state index contributed by atoms with van der Waals surface area (Å²) in [6, 6.07) is 1.75. The molecule has 0 fully saturated rings. The zero-order valence-electron chi connectivity index (χ0n) is 15.9. The molecule has 0 spiro atoms. The van der Waals surface area contributed by atoms with E-state index in [2.05, 4.69) is 6.92 Å². The molecule has 1 rings (SSSR count). The molecule has 0 radical (unpaired) electrons. The summed E-state index contributed by atoms with van der Waals surface area (Å²) in [7, 11) is -9.28. The van der Waals surface area contributed by atoms with E-state index in [4.69, 9.17) is 10.3 Å². The summed E-state index contributed by atoms with van der Waals surface area (Å²) in [5.74, 6) is 0. The van der Waals surface area contributed by atoms with Crippen LogP contribution >= 0.6 is 0 Å². The molecule has 0 saturated carbocycles. The van der Waals surface area contributed by atoms with Crippen molar-refractivity contribution in [3.63, 3.8) is 0 Å². The second-order valence-corrected chi connectivity index (χ2v) is 9.68. The van der Waals surface area contributed by atoms with Crippen LogP contribution in [0.15, 0.2) is 21.9 Å². The minimum absolute atomic E-state index is 0.0753. The maximum absolute atomic E-state index is 11.6. The highest BCUT2D eigenvalue weighted by Gasteiger charge is 2.22. The van der Waals surface area contributed by atoms with Crippen molar-refractivity contribution in [1.29, 1.82) is 0 Å². The maximum Gasteiger partial charge on any atom is 0.294 e. The number of nitrogen functional groups attached to an aromatic ring is 1. The van der Waals surface area contributed by atoms with E-state index in [0.29, 0.717) is 12.8 Å². The minimum Gasteiger partial charge on any atom is -0.398 e. The fraction of sp³-hybridized carbons (Fsp3) is 0.667. The SMILES string of the molecule is CCCCCCCCCCCCc1c(N)cc(S(=O)(=O)O)cc1S(=O)(=O)O. The zero-order chi connectivity index (χ0) is 20.5. The van der Waals surface area contributed by atoms with Crippen LogP contribution in [-0.2, 0) is 26.7 Å². The lowest BCUT2D eigenvalue weighted by Gasteiger charge is -2.12. The Morgan fingerprint density at radius 1 is 0.778 bits per heavy atom. The molecular weight excluding hydrogens is 390 g/mol. The van der Waals surface area contributed by atoms with E-state index in [1.165, 1.54) is 38.5 Å². The Morgan fingerprint density at radius 2 is 1.26 bits per heavy atom. The van der Waals surface area contributed by atoms with Crippen LogP contribution in [0.2, 0.25) is 0 Å². The van der Waals surface area contributed by atoms with Gasteiger partial charge in [-0.25, -0.2) is 0 Å². The van der Waals surface area contributed by atoms with Gasteiger partial charge in [-0.05, 0) is 30.5 Å². The van der Waals surface area contributed by atoms with E-state index in [0.717, 1.165) is 31.4 Å². The van der Waals surface area contributed by atoms with Gasteiger partial charge in [0.25, 0.3) is 20.2 Å². The van der Waals surface area contributed by atoms with Crippen molar-refractivity contribution in [3.05, 3.63) is 17.7 Å². The number of anilines is 1. The first-order chi connectivity index (χ1) is 12.6. The minimum atomic E-state index is -4.66. The molecule has 156 valence electrons. The maximum atomic E-state index is 11.6. The van der Waals surface area contributed by atoms with Crippen molar-refractivity contribution in [2.75, 3.05) is 5.73 Å². The molecule has 7 nitrogen and oxygen atoms in total. The largest absolute Gasteiger partial charge is 0.398 e. The van der Waals surface area contributed by atoms with Gasteiger partial charge in [-0.1, -0.05) is 64.7 Å². The number of unbranched alkanes of at least 4 members (excludes halogenated alkanes) is 9. The molecule has 1 aromatic carbocycles. The highest BCUT2D eigenvalue weighted by Crippen LogP contribution is 2.28. The predicted molar refractivity (Wildman–Crippen MR) is 106 cm³/mol.